The molecular formula is C21H29BrNO5P. The molecule has 29 heavy (non-hydrogen) atoms. The van der Waals surface area contributed by atoms with Crippen molar-refractivity contribution in [2.45, 2.75) is 53.1 Å². The van der Waals surface area contributed by atoms with E-state index < -0.39 is 13.7 Å². The van der Waals surface area contributed by atoms with Gasteiger partial charge in [-0.2, -0.15) is 0 Å². The number of benzene rings is 1. The summed E-state index contributed by atoms with van der Waals surface area (Å²) in [6.45, 7) is 9.89. The fourth-order valence-electron chi connectivity index (χ4n) is 3.18. The van der Waals surface area contributed by atoms with Crippen LogP contribution < -0.4 is 0 Å². The molecule has 0 aliphatic heterocycles. The number of hydrogen-bond donors (Lipinski definition) is 2. The summed E-state index contributed by atoms with van der Waals surface area (Å²) in [6, 6.07) is 9.00. The molecule has 0 radical (unpaired) electrons. The molecule has 0 fully saturated rings. The maximum atomic E-state index is 12.4. The van der Waals surface area contributed by atoms with Gasteiger partial charge in [-0.1, -0.05) is 55.8 Å². The van der Waals surface area contributed by atoms with Crippen molar-refractivity contribution in [1.29, 1.82) is 0 Å². The average molecular weight is 486 g/mol. The number of hydrogen-bond acceptors (Lipinski definition) is 5. The van der Waals surface area contributed by atoms with E-state index in [1.807, 2.05) is 52.0 Å². The lowest BCUT2D eigenvalue weighted by Gasteiger charge is -2.24. The highest BCUT2D eigenvalue weighted by Gasteiger charge is 2.24. The van der Waals surface area contributed by atoms with Crippen LogP contribution in [0, 0.1) is 4.94 Å². The summed E-state index contributed by atoms with van der Waals surface area (Å²) in [5, 5.41) is 0. The lowest BCUT2D eigenvalue weighted by molar-refractivity contribution is 0.152. The Hall–Kier alpha value is -1.37. The molecule has 160 valence electrons. The molecule has 2 aromatic rings. The summed E-state index contributed by atoms with van der Waals surface area (Å²) in [5.41, 5.74) is 2.22. The summed E-state index contributed by atoms with van der Waals surface area (Å²) in [6.07, 6.45) is 1.04. The molecule has 0 aliphatic rings. The first-order chi connectivity index (χ1) is 13.6. The maximum Gasteiger partial charge on any atom is 0.418 e. The van der Waals surface area contributed by atoms with Crippen LogP contribution in [0.25, 0.3) is 0 Å². The number of pyridine rings is 1. The van der Waals surface area contributed by atoms with Gasteiger partial charge in [-0.05, 0) is 48.1 Å². The van der Waals surface area contributed by atoms with E-state index in [9.17, 15) is 14.6 Å². The number of halogens is 1. The van der Waals surface area contributed by atoms with Gasteiger partial charge in [0, 0.05) is 16.4 Å². The zero-order valence-electron chi connectivity index (χ0n) is 17.4. The first kappa shape index (κ1) is 23.9. The molecular weight excluding hydrogens is 457 g/mol. The van der Waals surface area contributed by atoms with Gasteiger partial charge < -0.3 is 19.0 Å². The Morgan fingerprint density at radius 1 is 1.10 bits per heavy atom. The van der Waals surface area contributed by atoms with E-state index in [1.165, 1.54) is 10.8 Å². The first-order valence-corrected chi connectivity index (χ1v) is 12.0. The van der Waals surface area contributed by atoms with Gasteiger partial charge >= 0.3 is 6.09 Å². The average Bonchev–Trinajstić information content (AvgIpc) is 2.66. The maximum absolute atomic E-state index is 12.4. The normalized spacial score (nSPS) is 11.9. The van der Waals surface area contributed by atoms with E-state index >= 15 is 0 Å². The van der Waals surface area contributed by atoms with Crippen LogP contribution in [-0.4, -0.2) is 27.1 Å². The largest absolute Gasteiger partial charge is 0.449 e. The SMILES string of the molecule is CCOC(=O)n1ccc(=P(O)(O)OCc2ccc(Br)cc2)c(C(C)C)c1C(C)C. The molecule has 2 rings (SSSR count). The molecule has 0 bridgehead atoms. The number of rotatable bonds is 6. The molecule has 2 N–H and O–H groups in total. The Balaban J connectivity index is 2.63. The van der Waals surface area contributed by atoms with Crippen LogP contribution >= 0.6 is 23.5 Å². The third-order valence-electron chi connectivity index (χ3n) is 4.42. The lowest BCUT2D eigenvalue weighted by atomic mass is 9.95. The van der Waals surface area contributed by atoms with Crippen molar-refractivity contribution in [3.63, 3.8) is 0 Å². The van der Waals surface area contributed by atoms with Crippen molar-refractivity contribution in [3.05, 3.63) is 62.8 Å². The Morgan fingerprint density at radius 3 is 2.24 bits per heavy atom. The fourth-order valence-corrected chi connectivity index (χ4v) is 4.86. The third kappa shape index (κ3) is 5.83. The molecule has 0 unspecified atom stereocenters. The number of aromatic nitrogens is 1. The second kappa shape index (κ2) is 10.1. The number of carbonyl (C=O) groups excluding carboxylic acids is 1. The van der Waals surface area contributed by atoms with Crippen molar-refractivity contribution in [2.75, 3.05) is 6.61 Å². The van der Waals surface area contributed by atoms with Gasteiger partial charge in [-0.15, -0.1) is 0 Å². The van der Waals surface area contributed by atoms with Gasteiger partial charge in [0.25, 0.3) is 7.57 Å². The standard InChI is InChI=1S/C21H29BrNO5P/c1-6-27-21(24)23-12-11-18(19(14(2)3)20(23)15(4)5)29(25,26)28-13-16-7-9-17(22)10-8-16/h7-12,14-15,25-26H,6,13H2,1-5H3. The van der Waals surface area contributed by atoms with Crippen LogP contribution in [0.4, 0.5) is 4.79 Å². The van der Waals surface area contributed by atoms with Crippen molar-refractivity contribution >= 4 is 29.6 Å². The number of ether oxygens (including phenoxy) is 1. The zero-order chi connectivity index (χ0) is 21.8. The van der Waals surface area contributed by atoms with E-state index in [-0.39, 0.29) is 25.0 Å². The van der Waals surface area contributed by atoms with Crippen molar-refractivity contribution < 1.29 is 23.8 Å². The Kier molecular flexibility index (Phi) is 8.32. The molecule has 1 aromatic carbocycles. The van der Waals surface area contributed by atoms with Gasteiger partial charge in [0.05, 0.1) is 18.2 Å². The molecule has 1 heterocycles. The minimum absolute atomic E-state index is 0.0387. The molecule has 0 spiro atoms. The summed E-state index contributed by atoms with van der Waals surface area (Å²) in [4.78, 5) is 34.5. The van der Waals surface area contributed by atoms with Gasteiger partial charge in [0.2, 0.25) is 0 Å². The quantitative estimate of drug-likeness (QED) is 0.490. The van der Waals surface area contributed by atoms with Gasteiger partial charge in [-0.25, -0.2) is 4.79 Å². The summed E-state index contributed by atoms with van der Waals surface area (Å²) in [7, 11) is -3.87. The number of nitrogens with zero attached hydrogens (tertiary/aromatic N) is 1. The summed E-state index contributed by atoms with van der Waals surface area (Å²) < 4.78 is 13.1. The van der Waals surface area contributed by atoms with E-state index in [4.69, 9.17) is 9.26 Å². The Bertz CT molecular complexity index is 945. The summed E-state index contributed by atoms with van der Waals surface area (Å²) in [5.74, 6) is -0.0949. The molecule has 8 heteroatoms. The van der Waals surface area contributed by atoms with Crippen molar-refractivity contribution in [3.8, 4) is 0 Å². The van der Waals surface area contributed by atoms with Crippen molar-refractivity contribution in [1.82, 2.24) is 4.57 Å². The van der Waals surface area contributed by atoms with Crippen molar-refractivity contribution in [2.24, 2.45) is 0 Å². The highest BCUT2D eigenvalue weighted by molar-refractivity contribution is 9.10. The molecule has 0 saturated heterocycles. The monoisotopic (exact) mass is 485 g/mol. The lowest BCUT2D eigenvalue weighted by Crippen LogP contribution is -2.21. The molecule has 0 aliphatic carbocycles. The fraction of sp³-hybridized carbons (Fsp3) is 0.429. The smallest absolute Gasteiger partial charge is 0.418 e. The molecule has 0 saturated carbocycles. The molecule has 6 nitrogen and oxygen atoms in total. The number of carbonyl (C=O) groups is 1. The van der Waals surface area contributed by atoms with Crippen LogP contribution in [0.5, 0.6) is 0 Å². The Labute approximate surface area is 180 Å². The minimum Gasteiger partial charge on any atom is -0.449 e. The topological polar surface area (TPSA) is 80.9 Å². The van der Waals surface area contributed by atoms with E-state index in [1.54, 1.807) is 13.0 Å². The van der Waals surface area contributed by atoms with Crippen LogP contribution in [-0.2, 0) is 15.9 Å². The zero-order valence-corrected chi connectivity index (χ0v) is 19.9. The second-order valence-corrected chi connectivity index (χ2v) is 10.1. The highest BCUT2D eigenvalue weighted by Crippen LogP contribution is 2.46. The second-order valence-electron chi connectivity index (χ2n) is 7.32. The van der Waals surface area contributed by atoms with Gasteiger partial charge in [-0.3, -0.25) is 4.57 Å². The molecule has 0 atom stereocenters. The van der Waals surface area contributed by atoms with Crippen LogP contribution in [0.15, 0.2) is 41.0 Å². The first-order valence-electron chi connectivity index (χ1n) is 9.58. The van der Waals surface area contributed by atoms with Gasteiger partial charge in [0.1, 0.15) is 0 Å². The molecule has 0 amide bonds. The third-order valence-corrected chi connectivity index (χ3v) is 6.46. The van der Waals surface area contributed by atoms with E-state index in [0.29, 0.717) is 16.2 Å². The van der Waals surface area contributed by atoms with E-state index in [0.717, 1.165) is 10.0 Å². The van der Waals surface area contributed by atoms with Crippen LogP contribution in [0.3, 0.4) is 0 Å². The van der Waals surface area contributed by atoms with E-state index in [2.05, 4.69) is 15.9 Å². The van der Waals surface area contributed by atoms with Gasteiger partial charge in [0.15, 0.2) is 0 Å². The highest BCUT2D eigenvalue weighted by atomic mass is 79.9. The minimum atomic E-state index is -3.87. The Morgan fingerprint density at radius 2 is 1.72 bits per heavy atom. The predicted molar refractivity (Wildman–Crippen MR) is 119 cm³/mol. The molecule has 1 aromatic heterocycles. The summed E-state index contributed by atoms with van der Waals surface area (Å²) >= 11 is 3.38. The van der Waals surface area contributed by atoms with Crippen LogP contribution in [0.2, 0.25) is 0 Å². The van der Waals surface area contributed by atoms with Crippen LogP contribution in [0.1, 0.15) is 63.3 Å². The predicted octanol–water partition coefficient (Wildman–Crippen LogP) is 6.00.